The Kier molecular flexibility index (Phi) is 5.95. The number of hydrogen-bond donors (Lipinski definition) is 3. The maximum Gasteiger partial charge on any atom is 0.323 e. The first-order chi connectivity index (χ1) is 9.49. The molecule has 1 rings (SSSR count). The molecular weight excluding hydrogens is 266 g/mol. The maximum atomic E-state index is 11.7. The Bertz CT molecular complexity index is 461. The van der Waals surface area contributed by atoms with Crippen LogP contribution in [0.1, 0.15) is 5.56 Å². The summed E-state index contributed by atoms with van der Waals surface area (Å²) < 4.78 is 0. The van der Waals surface area contributed by atoms with E-state index in [0.717, 1.165) is 5.56 Å². The number of carboxylic acids is 2. The van der Waals surface area contributed by atoms with Gasteiger partial charge in [-0.25, -0.2) is 4.79 Å². The van der Waals surface area contributed by atoms with Gasteiger partial charge in [-0.1, -0.05) is 6.07 Å². The fourth-order valence-electron chi connectivity index (χ4n) is 1.50. The van der Waals surface area contributed by atoms with Gasteiger partial charge in [-0.05, 0) is 18.1 Å². The molecule has 0 atom stereocenters. The van der Waals surface area contributed by atoms with Crippen LogP contribution >= 0.6 is 0 Å². The van der Waals surface area contributed by atoms with Crippen molar-refractivity contribution in [2.24, 2.45) is 0 Å². The molecule has 0 aliphatic rings. The van der Waals surface area contributed by atoms with Crippen molar-refractivity contribution in [3.63, 3.8) is 0 Å². The molecule has 8 nitrogen and oxygen atoms in total. The number of aliphatic carboxylic acids is 2. The first-order valence-corrected chi connectivity index (χ1v) is 5.84. The van der Waals surface area contributed by atoms with Crippen LogP contribution in [0.5, 0.6) is 0 Å². The lowest BCUT2D eigenvalue weighted by Gasteiger charge is -2.18. The van der Waals surface area contributed by atoms with E-state index < -0.39 is 31.1 Å². The van der Waals surface area contributed by atoms with Crippen LogP contribution in [0.15, 0.2) is 24.5 Å². The molecule has 0 radical (unpaired) electrons. The highest BCUT2D eigenvalue weighted by Gasteiger charge is 2.18. The van der Waals surface area contributed by atoms with Crippen LogP contribution in [0.2, 0.25) is 0 Å². The summed E-state index contributed by atoms with van der Waals surface area (Å²) in [5.74, 6) is -2.54. The molecule has 0 spiro atoms. The normalized spacial score (nSPS) is 9.80. The summed E-state index contributed by atoms with van der Waals surface area (Å²) >= 11 is 0. The molecule has 1 aromatic rings. The molecule has 1 aromatic heterocycles. The summed E-state index contributed by atoms with van der Waals surface area (Å²) in [5, 5.41) is 19.7. The molecule has 0 aliphatic heterocycles. The van der Waals surface area contributed by atoms with Gasteiger partial charge < -0.3 is 20.4 Å². The number of carbonyl (C=O) groups is 3. The van der Waals surface area contributed by atoms with Crippen molar-refractivity contribution < 1.29 is 24.6 Å². The third-order valence-corrected chi connectivity index (χ3v) is 2.35. The number of carboxylic acid groups (broad SMARTS) is 2. The minimum Gasteiger partial charge on any atom is -0.480 e. The minimum atomic E-state index is -1.27. The van der Waals surface area contributed by atoms with Crippen LogP contribution < -0.4 is 5.32 Å². The predicted octanol–water partition coefficient (Wildman–Crippen LogP) is -0.195. The number of carbonyl (C=O) groups excluding carboxylic acids is 1. The van der Waals surface area contributed by atoms with E-state index in [1.54, 1.807) is 18.5 Å². The quantitative estimate of drug-likeness (QED) is 0.637. The van der Waals surface area contributed by atoms with Crippen LogP contribution in [0.3, 0.4) is 0 Å². The van der Waals surface area contributed by atoms with E-state index in [1.165, 1.54) is 0 Å². The largest absolute Gasteiger partial charge is 0.480 e. The first kappa shape index (κ1) is 15.4. The number of amides is 2. The van der Waals surface area contributed by atoms with E-state index in [9.17, 15) is 14.4 Å². The average molecular weight is 281 g/mol. The molecule has 0 saturated heterocycles. The second-order valence-corrected chi connectivity index (χ2v) is 3.99. The highest BCUT2D eigenvalue weighted by atomic mass is 16.4. The van der Waals surface area contributed by atoms with E-state index in [1.807, 2.05) is 6.07 Å². The van der Waals surface area contributed by atoms with Crippen molar-refractivity contribution in [1.82, 2.24) is 15.2 Å². The van der Waals surface area contributed by atoms with E-state index in [0.29, 0.717) is 11.3 Å². The lowest BCUT2D eigenvalue weighted by Crippen LogP contribution is -2.45. The van der Waals surface area contributed by atoms with E-state index in [-0.39, 0.29) is 6.54 Å². The molecule has 0 fully saturated rings. The predicted molar refractivity (Wildman–Crippen MR) is 68.2 cm³/mol. The van der Waals surface area contributed by atoms with Gasteiger partial charge in [0, 0.05) is 18.9 Å². The zero-order chi connectivity index (χ0) is 15.0. The molecule has 108 valence electrons. The van der Waals surface area contributed by atoms with Crippen LogP contribution in [0.4, 0.5) is 4.79 Å². The summed E-state index contributed by atoms with van der Waals surface area (Å²) in [6.07, 6.45) is 3.80. The SMILES string of the molecule is O=C(O)CN(CC(=O)O)C(=O)NCCc1cccnc1. The fraction of sp³-hybridized carbons (Fsp3) is 0.333. The zero-order valence-corrected chi connectivity index (χ0v) is 10.7. The Morgan fingerprint density at radius 1 is 1.20 bits per heavy atom. The molecular formula is C12H15N3O5. The van der Waals surface area contributed by atoms with Crippen LogP contribution in [0, 0.1) is 0 Å². The number of rotatable bonds is 7. The van der Waals surface area contributed by atoms with Crippen LogP contribution in [0.25, 0.3) is 0 Å². The van der Waals surface area contributed by atoms with Gasteiger partial charge in [0.2, 0.25) is 0 Å². The van der Waals surface area contributed by atoms with E-state index in [4.69, 9.17) is 10.2 Å². The second kappa shape index (κ2) is 7.72. The Hall–Kier alpha value is -2.64. The van der Waals surface area contributed by atoms with Crippen molar-refractivity contribution in [3.05, 3.63) is 30.1 Å². The molecule has 0 aliphatic carbocycles. The van der Waals surface area contributed by atoms with E-state index in [2.05, 4.69) is 10.3 Å². The highest BCUT2D eigenvalue weighted by molar-refractivity contribution is 5.84. The van der Waals surface area contributed by atoms with Gasteiger partial charge in [0.05, 0.1) is 0 Å². The Morgan fingerprint density at radius 2 is 1.85 bits per heavy atom. The third-order valence-electron chi connectivity index (χ3n) is 2.35. The molecule has 8 heteroatoms. The van der Waals surface area contributed by atoms with Crippen LogP contribution in [-0.2, 0) is 16.0 Å². The number of nitrogens with one attached hydrogen (secondary N) is 1. The highest BCUT2D eigenvalue weighted by Crippen LogP contribution is 1.96. The molecule has 0 saturated carbocycles. The lowest BCUT2D eigenvalue weighted by atomic mass is 10.2. The zero-order valence-electron chi connectivity index (χ0n) is 10.7. The molecule has 2 amide bonds. The Balaban J connectivity index is 2.45. The smallest absolute Gasteiger partial charge is 0.323 e. The standard InChI is InChI=1S/C12H15N3O5/c16-10(17)7-15(8-11(18)19)12(20)14-5-3-9-2-1-4-13-6-9/h1-2,4,6H,3,5,7-8H2,(H,14,20)(H,16,17)(H,18,19). The Morgan fingerprint density at radius 3 is 2.35 bits per heavy atom. The first-order valence-electron chi connectivity index (χ1n) is 5.84. The monoisotopic (exact) mass is 281 g/mol. The second-order valence-electron chi connectivity index (χ2n) is 3.99. The summed E-state index contributed by atoms with van der Waals surface area (Å²) in [7, 11) is 0. The molecule has 20 heavy (non-hydrogen) atoms. The molecule has 3 N–H and O–H groups in total. The van der Waals surface area contributed by atoms with Gasteiger partial charge in [0.25, 0.3) is 0 Å². The van der Waals surface area contributed by atoms with Gasteiger partial charge in [0.1, 0.15) is 13.1 Å². The summed E-state index contributed by atoms with van der Waals surface area (Å²) in [6.45, 7) is -1.06. The topological polar surface area (TPSA) is 120 Å². The number of hydrogen-bond acceptors (Lipinski definition) is 4. The maximum absolute atomic E-state index is 11.7. The summed E-state index contributed by atoms with van der Waals surface area (Å²) in [4.78, 5) is 37.4. The van der Waals surface area contributed by atoms with Gasteiger partial charge in [-0.15, -0.1) is 0 Å². The number of aromatic nitrogens is 1. The van der Waals surface area contributed by atoms with Gasteiger partial charge in [0.15, 0.2) is 0 Å². The van der Waals surface area contributed by atoms with Crippen LogP contribution in [-0.4, -0.2) is 57.7 Å². The van der Waals surface area contributed by atoms with Crippen molar-refractivity contribution >= 4 is 18.0 Å². The van der Waals surface area contributed by atoms with Crippen molar-refractivity contribution in [2.45, 2.75) is 6.42 Å². The Labute approximate surface area is 115 Å². The number of urea groups is 1. The summed E-state index contributed by atoms with van der Waals surface area (Å²) in [6, 6.07) is 2.88. The average Bonchev–Trinajstić information content (AvgIpc) is 2.38. The molecule has 0 bridgehead atoms. The van der Waals surface area contributed by atoms with Crippen molar-refractivity contribution in [1.29, 1.82) is 0 Å². The summed E-state index contributed by atoms with van der Waals surface area (Å²) in [5.41, 5.74) is 0.913. The number of pyridine rings is 1. The third kappa shape index (κ3) is 5.80. The molecule has 0 aromatic carbocycles. The molecule has 0 unspecified atom stereocenters. The van der Waals surface area contributed by atoms with Crippen molar-refractivity contribution in [2.75, 3.05) is 19.6 Å². The fourth-order valence-corrected chi connectivity index (χ4v) is 1.50. The molecule has 1 heterocycles. The van der Waals surface area contributed by atoms with Gasteiger partial charge >= 0.3 is 18.0 Å². The number of nitrogens with zero attached hydrogens (tertiary/aromatic N) is 2. The van der Waals surface area contributed by atoms with E-state index >= 15 is 0 Å². The minimum absolute atomic E-state index is 0.264. The lowest BCUT2D eigenvalue weighted by molar-refractivity contribution is -0.140. The van der Waals surface area contributed by atoms with Gasteiger partial charge in [-0.2, -0.15) is 0 Å². The van der Waals surface area contributed by atoms with Gasteiger partial charge in [-0.3, -0.25) is 14.6 Å². The van der Waals surface area contributed by atoms with Crippen molar-refractivity contribution in [3.8, 4) is 0 Å².